The summed E-state index contributed by atoms with van der Waals surface area (Å²) in [6, 6.07) is 16.0. The Kier molecular flexibility index (Phi) is 6.82. The van der Waals surface area contributed by atoms with Crippen LogP contribution in [0.4, 0.5) is 20.2 Å². The second-order valence-corrected chi connectivity index (χ2v) is 11.5. The number of carbonyl (C=O) groups is 2. The maximum absolute atomic E-state index is 14.5. The molecule has 0 saturated heterocycles. The van der Waals surface area contributed by atoms with Gasteiger partial charge >= 0.3 is 0 Å². The van der Waals surface area contributed by atoms with Gasteiger partial charge < -0.3 is 14.7 Å². The van der Waals surface area contributed by atoms with Crippen molar-refractivity contribution in [2.75, 3.05) is 10.2 Å². The summed E-state index contributed by atoms with van der Waals surface area (Å²) in [5, 5.41) is 7.95. The van der Waals surface area contributed by atoms with Gasteiger partial charge in [0.05, 0.1) is 38.2 Å². The molecule has 1 unspecified atom stereocenters. The first-order valence-corrected chi connectivity index (χ1v) is 13.8. The highest BCUT2D eigenvalue weighted by Gasteiger charge is 2.52. The molecule has 3 heterocycles. The summed E-state index contributed by atoms with van der Waals surface area (Å²) >= 11 is 12.9. The lowest BCUT2D eigenvalue weighted by atomic mass is 9.94. The monoisotopic (exact) mass is 608 g/mol. The first-order chi connectivity index (χ1) is 20.0. The molecule has 1 N–H and O–H groups in total. The SMILES string of the molecule is Cc1cc(C2C3=C(Nc4cc(Cl)c(Cl)cc4N2C(=O)c2ccc(F)c(F)c2)C(C)(C)N(Cc2ccccc2)C3=O)no1. The molecule has 2 amide bonds. The van der Waals surface area contributed by atoms with Gasteiger partial charge in [-0.05, 0) is 56.7 Å². The van der Waals surface area contributed by atoms with Gasteiger partial charge in [-0.15, -0.1) is 0 Å². The Morgan fingerprint density at radius 1 is 1.02 bits per heavy atom. The van der Waals surface area contributed by atoms with Crippen molar-refractivity contribution in [2.24, 2.45) is 0 Å². The van der Waals surface area contributed by atoms with E-state index >= 15 is 0 Å². The van der Waals surface area contributed by atoms with Crippen molar-refractivity contribution in [1.82, 2.24) is 10.1 Å². The summed E-state index contributed by atoms with van der Waals surface area (Å²) in [6.07, 6.45) is 0. The largest absolute Gasteiger partial charge is 0.361 e. The molecule has 4 aromatic rings. The Hall–Kier alpha value is -4.21. The van der Waals surface area contributed by atoms with Crippen LogP contribution in [0.3, 0.4) is 0 Å². The highest BCUT2D eigenvalue weighted by molar-refractivity contribution is 6.42. The topological polar surface area (TPSA) is 78.7 Å². The summed E-state index contributed by atoms with van der Waals surface area (Å²) in [7, 11) is 0. The van der Waals surface area contributed by atoms with E-state index in [9.17, 15) is 18.4 Å². The molecule has 2 aliphatic rings. The fraction of sp³-hybridized carbons (Fsp3) is 0.194. The second kappa shape index (κ2) is 10.3. The van der Waals surface area contributed by atoms with E-state index in [4.69, 9.17) is 27.7 Å². The number of fused-ring (bicyclic) bond motifs is 1. The van der Waals surface area contributed by atoms with Crippen molar-refractivity contribution in [3.63, 3.8) is 0 Å². The number of amides is 2. The van der Waals surface area contributed by atoms with E-state index < -0.39 is 29.1 Å². The summed E-state index contributed by atoms with van der Waals surface area (Å²) < 4.78 is 33.6. The van der Waals surface area contributed by atoms with Crippen LogP contribution in [0.15, 0.2) is 82.5 Å². The predicted octanol–water partition coefficient (Wildman–Crippen LogP) is 7.46. The molecule has 214 valence electrons. The minimum Gasteiger partial charge on any atom is -0.361 e. The maximum Gasteiger partial charge on any atom is 0.259 e. The highest BCUT2D eigenvalue weighted by atomic mass is 35.5. The Morgan fingerprint density at radius 2 is 1.74 bits per heavy atom. The van der Waals surface area contributed by atoms with Gasteiger partial charge in [0.15, 0.2) is 11.6 Å². The summed E-state index contributed by atoms with van der Waals surface area (Å²) in [5.41, 5.74) is 1.56. The Labute approximate surface area is 250 Å². The van der Waals surface area contributed by atoms with Crippen LogP contribution in [0.5, 0.6) is 0 Å². The van der Waals surface area contributed by atoms with Crippen LogP contribution < -0.4 is 10.2 Å². The minimum atomic E-state index is -1.19. The van der Waals surface area contributed by atoms with Gasteiger partial charge in [-0.3, -0.25) is 14.5 Å². The van der Waals surface area contributed by atoms with Crippen molar-refractivity contribution in [3.8, 4) is 0 Å². The van der Waals surface area contributed by atoms with Crippen LogP contribution in [0.1, 0.15) is 47.3 Å². The number of rotatable bonds is 4. The zero-order chi connectivity index (χ0) is 29.9. The van der Waals surface area contributed by atoms with Crippen molar-refractivity contribution in [1.29, 1.82) is 0 Å². The lowest BCUT2D eigenvalue weighted by Gasteiger charge is -2.36. The Bertz CT molecular complexity index is 1790. The molecule has 1 atom stereocenters. The predicted molar refractivity (Wildman–Crippen MR) is 155 cm³/mol. The molecule has 2 aliphatic heterocycles. The van der Waals surface area contributed by atoms with E-state index in [1.807, 2.05) is 44.2 Å². The molecule has 0 bridgehead atoms. The van der Waals surface area contributed by atoms with Gasteiger partial charge in [0.1, 0.15) is 17.5 Å². The number of nitrogens with zero attached hydrogens (tertiary/aromatic N) is 3. The summed E-state index contributed by atoms with van der Waals surface area (Å²) in [6.45, 7) is 5.78. The third-order valence-electron chi connectivity index (χ3n) is 7.62. The lowest BCUT2D eigenvalue weighted by molar-refractivity contribution is -0.129. The smallest absolute Gasteiger partial charge is 0.259 e. The lowest BCUT2D eigenvalue weighted by Crippen LogP contribution is -2.45. The third kappa shape index (κ3) is 4.53. The average molecular weight is 609 g/mol. The minimum absolute atomic E-state index is 0.147. The van der Waals surface area contributed by atoms with E-state index in [0.29, 0.717) is 17.1 Å². The Balaban J connectivity index is 1.61. The van der Waals surface area contributed by atoms with Crippen LogP contribution in [0.2, 0.25) is 10.0 Å². The number of carbonyl (C=O) groups excluding carboxylic acids is 2. The zero-order valence-electron chi connectivity index (χ0n) is 22.7. The first kappa shape index (κ1) is 27.9. The molecule has 0 fully saturated rings. The number of aromatic nitrogens is 1. The van der Waals surface area contributed by atoms with E-state index in [1.54, 1.807) is 24.0 Å². The molecule has 0 aliphatic carbocycles. The Morgan fingerprint density at radius 3 is 2.40 bits per heavy atom. The van der Waals surface area contributed by atoms with Crippen molar-refractivity contribution in [3.05, 3.63) is 122 Å². The molecule has 1 aromatic heterocycles. The van der Waals surface area contributed by atoms with Crippen LogP contribution >= 0.6 is 23.2 Å². The van der Waals surface area contributed by atoms with Crippen molar-refractivity contribution < 1.29 is 22.9 Å². The van der Waals surface area contributed by atoms with Crippen LogP contribution in [0, 0.1) is 18.6 Å². The quantitative estimate of drug-likeness (QED) is 0.260. The van der Waals surface area contributed by atoms with E-state index in [1.165, 1.54) is 17.0 Å². The molecule has 42 heavy (non-hydrogen) atoms. The first-order valence-electron chi connectivity index (χ1n) is 13.1. The average Bonchev–Trinajstić information content (AvgIpc) is 3.40. The number of benzene rings is 3. The van der Waals surface area contributed by atoms with Gasteiger partial charge in [-0.1, -0.05) is 58.7 Å². The number of anilines is 2. The van der Waals surface area contributed by atoms with Gasteiger partial charge in [0.2, 0.25) is 0 Å². The van der Waals surface area contributed by atoms with E-state index in [2.05, 4.69) is 10.5 Å². The molecule has 0 radical (unpaired) electrons. The van der Waals surface area contributed by atoms with Crippen molar-refractivity contribution >= 4 is 46.4 Å². The highest BCUT2D eigenvalue weighted by Crippen LogP contribution is 2.51. The van der Waals surface area contributed by atoms with E-state index in [0.717, 1.165) is 17.7 Å². The molecule has 11 heteroatoms. The molecule has 0 spiro atoms. The van der Waals surface area contributed by atoms with Gasteiger partial charge in [0.25, 0.3) is 11.8 Å². The third-order valence-corrected chi connectivity index (χ3v) is 8.34. The second-order valence-electron chi connectivity index (χ2n) is 10.7. The van der Waals surface area contributed by atoms with Crippen LogP contribution in [0.25, 0.3) is 0 Å². The zero-order valence-corrected chi connectivity index (χ0v) is 24.2. The maximum atomic E-state index is 14.5. The molecular formula is C31H24Cl2F2N4O3. The fourth-order valence-electron chi connectivity index (χ4n) is 5.51. The number of hydrogen-bond donors (Lipinski definition) is 1. The van der Waals surface area contributed by atoms with Gasteiger partial charge in [-0.2, -0.15) is 0 Å². The van der Waals surface area contributed by atoms with Crippen LogP contribution in [-0.2, 0) is 11.3 Å². The molecular weight excluding hydrogens is 585 g/mol. The molecule has 0 saturated carbocycles. The number of hydrogen-bond acceptors (Lipinski definition) is 5. The van der Waals surface area contributed by atoms with Gasteiger partial charge in [0, 0.05) is 18.2 Å². The van der Waals surface area contributed by atoms with Crippen LogP contribution in [-0.4, -0.2) is 27.4 Å². The van der Waals surface area contributed by atoms with Gasteiger partial charge in [-0.25, -0.2) is 8.78 Å². The molecule has 3 aromatic carbocycles. The molecule has 7 nitrogen and oxygen atoms in total. The fourth-order valence-corrected chi connectivity index (χ4v) is 5.83. The number of nitrogens with one attached hydrogen (secondary N) is 1. The molecule has 6 rings (SSSR count). The summed E-state index contributed by atoms with van der Waals surface area (Å²) in [4.78, 5) is 31.8. The van der Waals surface area contributed by atoms with Crippen molar-refractivity contribution in [2.45, 2.75) is 38.9 Å². The number of aryl methyl sites for hydroxylation is 1. The number of halogens is 4. The summed E-state index contributed by atoms with van der Waals surface area (Å²) in [5.74, 6) is -2.90. The normalized spacial score (nSPS) is 17.6. The standard InChI is InChI=1S/C31H24Cl2F2N4O3/c1-16-11-24(37-42-16)27-26-28(31(2,3)38(30(26)41)15-17-7-5-4-6-8-17)36-23-13-19(32)20(33)14-25(23)39(27)29(40)18-9-10-21(34)22(35)12-18/h4-14,27,36H,15H2,1-3H3. The van der Waals surface area contributed by atoms with E-state index in [-0.39, 0.29) is 45.0 Å².